The van der Waals surface area contributed by atoms with Gasteiger partial charge in [0.2, 0.25) is 0 Å². The van der Waals surface area contributed by atoms with Crippen LogP contribution in [0.15, 0.2) is 0 Å². The van der Waals surface area contributed by atoms with Crippen LogP contribution in [0.25, 0.3) is 0 Å². The minimum absolute atomic E-state index is 0.125. The molecule has 0 radical (unpaired) electrons. The summed E-state index contributed by atoms with van der Waals surface area (Å²) in [6, 6.07) is 0. The largest absolute Gasteiger partial charge is 0.370 e. The lowest BCUT2D eigenvalue weighted by atomic mass is 9.74. The molecule has 0 bridgehead atoms. The molecule has 0 heterocycles. The van der Waals surface area contributed by atoms with Gasteiger partial charge < -0.3 is 10.1 Å². The Labute approximate surface area is 132 Å². The molecule has 0 aliphatic heterocycles. The van der Waals surface area contributed by atoms with Crippen molar-refractivity contribution in [1.82, 2.24) is 5.32 Å². The zero-order chi connectivity index (χ0) is 15.3. The molecule has 0 saturated heterocycles. The summed E-state index contributed by atoms with van der Waals surface area (Å²) in [6.45, 7) is 8.13. The Morgan fingerprint density at radius 2 is 1.86 bits per heavy atom. The van der Waals surface area contributed by atoms with Crippen LogP contribution in [-0.4, -0.2) is 25.3 Å². The highest BCUT2D eigenvalue weighted by Gasteiger charge is 2.39. The highest BCUT2D eigenvalue weighted by atomic mass is 16.5. The topological polar surface area (TPSA) is 21.3 Å². The first-order chi connectivity index (χ1) is 10.1. The zero-order valence-electron chi connectivity index (χ0n) is 14.8. The van der Waals surface area contributed by atoms with E-state index in [1.165, 1.54) is 57.8 Å². The second-order valence-corrected chi connectivity index (χ2v) is 7.98. The quantitative estimate of drug-likeness (QED) is 0.761. The van der Waals surface area contributed by atoms with Crippen LogP contribution < -0.4 is 5.32 Å². The maximum Gasteiger partial charge on any atom is 0.0810 e. The number of hydrogen-bond donors (Lipinski definition) is 1. The lowest BCUT2D eigenvalue weighted by molar-refractivity contribution is -0.133. The fourth-order valence-corrected chi connectivity index (χ4v) is 4.56. The summed E-state index contributed by atoms with van der Waals surface area (Å²) in [5, 5.41) is 3.41. The summed E-state index contributed by atoms with van der Waals surface area (Å²) >= 11 is 0. The molecule has 0 amide bonds. The first-order valence-electron chi connectivity index (χ1n) is 9.41. The average Bonchev–Trinajstić information content (AvgIpc) is 2.48. The smallest absolute Gasteiger partial charge is 0.0810 e. The number of likely N-dealkylation sites (N-methyl/N-ethyl adjacent to an activating group) is 1. The summed E-state index contributed by atoms with van der Waals surface area (Å²) in [5.74, 6) is 2.65. The molecule has 0 aromatic carbocycles. The Morgan fingerprint density at radius 3 is 2.43 bits per heavy atom. The van der Waals surface area contributed by atoms with E-state index in [-0.39, 0.29) is 5.60 Å². The lowest BCUT2D eigenvalue weighted by Crippen LogP contribution is -2.48. The van der Waals surface area contributed by atoms with Gasteiger partial charge in [0.15, 0.2) is 0 Å². The first kappa shape index (κ1) is 17.3. The molecule has 2 aliphatic carbocycles. The number of rotatable bonds is 6. The van der Waals surface area contributed by atoms with Gasteiger partial charge in [-0.1, -0.05) is 40.0 Å². The van der Waals surface area contributed by atoms with Gasteiger partial charge >= 0.3 is 0 Å². The summed E-state index contributed by atoms with van der Waals surface area (Å²) < 4.78 is 6.76. The van der Waals surface area contributed by atoms with E-state index in [1.807, 2.05) is 0 Å². The molecule has 124 valence electrons. The molecule has 2 unspecified atom stereocenters. The molecule has 0 aromatic rings. The molecule has 1 N–H and O–H groups in total. The Morgan fingerprint density at radius 1 is 1.14 bits per heavy atom. The average molecular weight is 296 g/mol. The van der Waals surface area contributed by atoms with Gasteiger partial charge in [-0.05, 0) is 63.3 Å². The predicted octanol–water partition coefficient (Wildman–Crippen LogP) is 4.78. The van der Waals surface area contributed by atoms with Crippen molar-refractivity contribution in [3.8, 4) is 0 Å². The van der Waals surface area contributed by atoms with Gasteiger partial charge in [-0.2, -0.15) is 0 Å². The number of nitrogens with one attached hydrogen (secondary N) is 1. The van der Waals surface area contributed by atoms with E-state index in [1.54, 1.807) is 0 Å². The minimum atomic E-state index is 0.125. The number of hydrogen-bond acceptors (Lipinski definition) is 2. The molecule has 21 heavy (non-hydrogen) atoms. The van der Waals surface area contributed by atoms with Gasteiger partial charge in [0.1, 0.15) is 0 Å². The molecule has 2 fully saturated rings. The highest BCUT2D eigenvalue weighted by Crippen LogP contribution is 2.40. The Balaban J connectivity index is 1.92. The van der Waals surface area contributed by atoms with Crippen molar-refractivity contribution >= 4 is 0 Å². The molecular weight excluding hydrogens is 258 g/mol. The van der Waals surface area contributed by atoms with E-state index >= 15 is 0 Å². The minimum Gasteiger partial charge on any atom is -0.370 e. The molecule has 0 aromatic heterocycles. The molecule has 0 spiro atoms. The SMILES string of the molecule is CCC1CCCC(OC2(CNC)CCC(C(C)C)CC2)C1. The Kier molecular flexibility index (Phi) is 6.55. The molecular formula is C19H37NO. The molecule has 2 atom stereocenters. The Hall–Kier alpha value is -0.0800. The van der Waals surface area contributed by atoms with Gasteiger partial charge in [0, 0.05) is 6.54 Å². The summed E-state index contributed by atoms with van der Waals surface area (Å²) in [5.41, 5.74) is 0.125. The van der Waals surface area contributed by atoms with Crippen LogP contribution in [0, 0.1) is 17.8 Å². The summed E-state index contributed by atoms with van der Waals surface area (Å²) in [7, 11) is 2.08. The van der Waals surface area contributed by atoms with Gasteiger partial charge in [0.25, 0.3) is 0 Å². The number of ether oxygens (including phenoxy) is 1. The fraction of sp³-hybridized carbons (Fsp3) is 1.00. The van der Waals surface area contributed by atoms with Crippen LogP contribution in [0.1, 0.15) is 78.6 Å². The highest BCUT2D eigenvalue weighted by molar-refractivity contribution is 4.91. The van der Waals surface area contributed by atoms with Gasteiger partial charge in [-0.3, -0.25) is 0 Å². The van der Waals surface area contributed by atoms with Crippen molar-refractivity contribution in [3.63, 3.8) is 0 Å². The van der Waals surface area contributed by atoms with Crippen molar-refractivity contribution in [2.75, 3.05) is 13.6 Å². The van der Waals surface area contributed by atoms with Crippen molar-refractivity contribution in [2.24, 2.45) is 17.8 Å². The van der Waals surface area contributed by atoms with Crippen molar-refractivity contribution in [1.29, 1.82) is 0 Å². The van der Waals surface area contributed by atoms with Crippen LogP contribution in [0.4, 0.5) is 0 Å². The standard InChI is InChI=1S/C19H37NO/c1-5-16-7-6-8-18(13-16)21-19(14-20-4)11-9-17(10-12-19)15(2)3/h15-18,20H,5-14H2,1-4H3. The van der Waals surface area contributed by atoms with Crippen molar-refractivity contribution < 1.29 is 4.74 Å². The van der Waals surface area contributed by atoms with Crippen LogP contribution in [-0.2, 0) is 4.74 Å². The molecule has 2 nitrogen and oxygen atoms in total. The Bertz CT molecular complexity index is 294. The summed E-state index contributed by atoms with van der Waals surface area (Å²) in [6.07, 6.45) is 12.4. The first-order valence-corrected chi connectivity index (χ1v) is 9.41. The van der Waals surface area contributed by atoms with Gasteiger partial charge in [-0.15, -0.1) is 0 Å². The molecule has 2 rings (SSSR count). The fourth-order valence-electron chi connectivity index (χ4n) is 4.56. The van der Waals surface area contributed by atoms with E-state index in [9.17, 15) is 0 Å². The van der Waals surface area contributed by atoms with E-state index < -0.39 is 0 Å². The third-order valence-electron chi connectivity index (χ3n) is 6.11. The van der Waals surface area contributed by atoms with E-state index in [0.29, 0.717) is 6.10 Å². The van der Waals surface area contributed by atoms with E-state index in [4.69, 9.17) is 4.74 Å². The van der Waals surface area contributed by atoms with Crippen LogP contribution in [0.3, 0.4) is 0 Å². The normalized spacial score (nSPS) is 37.9. The monoisotopic (exact) mass is 295 g/mol. The second kappa shape index (κ2) is 7.97. The predicted molar refractivity (Wildman–Crippen MR) is 90.6 cm³/mol. The summed E-state index contributed by atoms with van der Waals surface area (Å²) in [4.78, 5) is 0. The van der Waals surface area contributed by atoms with Crippen molar-refractivity contribution in [2.45, 2.75) is 90.3 Å². The van der Waals surface area contributed by atoms with E-state index in [0.717, 1.165) is 24.3 Å². The van der Waals surface area contributed by atoms with E-state index in [2.05, 4.69) is 33.1 Å². The van der Waals surface area contributed by atoms with Crippen LogP contribution in [0.5, 0.6) is 0 Å². The lowest BCUT2D eigenvalue weighted by Gasteiger charge is -2.44. The molecule has 2 heteroatoms. The van der Waals surface area contributed by atoms with Crippen LogP contribution in [0.2, 0.25) is 0 Å². The third-order valence-corrected chi connectivity index (χ3v) is 6.11. The maximum absolute atomic E-state index is 6.76. The van der Waals surface area contributed by atoms with Gasteiger partial charge in [0.05, 0.1) is 11.7 Å². The molecule has 2 aliphatic rings. The van der Waals surface area contributed by atoms with Gasteiger partial charge in [-0.25, -0.2) is 0 Å². The maximum atomic E-state index is 6.76. The van der Waals surface area contributed by atoms with Crippen molar-refractivity contribution in [3.05, 3.63) is 0 Å². The second-order valence-electron chi connectivity index (χ2n) is 7.98. The molecule has 2 saturated carbocycles. The zero-order valence-corrected chi connectivity index (χ0v) is 14.8. The third kappa shape index (κ3) is 4.69. The van der Waals surface area contributed by atoms with Crippen LogP contribution >= 0.6 is 0 Å².